The summed E-state index contributed by atoms with van der Waals surface area (Å²) in [5, 5.41) is 3.92. The number of amides is 2. The number of thiazole rings is 1. The fraction of sp³-hybridized carbons (Fsp3) is 0.476. The van der Waals surface area contributed by atoms with E-state index in [2.05, 4.69) is 10.3 Å². The van der Waals surface area contributed by atoms with Gasteiger partial charge in [-0.2, -0.15) is 0 Å². The Kier molecular flexibility index (Phi) is 5.44. The molecule has 1 aromatic carbocycles. The van der Waals surface area contributed by atoms with Crippen LogP contribution >= 0.6 is 11.3 Å². The van der Waals surface area contributed by atoms with E-state index in [1.165, 1.54) is 23.5 Å². The second-order valence-corrected chi connectivity index (χ2v) is 8.76. The van der Waals surface area contributed by atoms with E-state index in [0.29, 0.717) is 43.3 Å². The number of hydrogen-bond acceptors (Lipinski definition) is 4. The van der Waals surface area contributed by atoms with Crippen molar-refractivity contribution in [1.82, 2.24) is 15.2 Å². The minimum atomic E-state index is -0.260. The Morgan fingerprint density at radius 3 is 2.50 bits per heavy atom. The highest BCUT2D eigenvalue weighted by atomic mass is 32.1. The van der Waals surface area contributed by atoms with Crippen LogP contribution in [0.1, 0.15) is 51.6 Å². The summed E-state index contributed by atoms with van der Waals surface area (Å²) in [6.07, 6.45) is 4.19. The van der Waals surface area contributed by atoms with Crippen LogP contribution in [0, 0.1) is 18.7 Å². The molecule has 148 valence electrons. The Morgan fingerprint density at radius 2 is 1.86 bits per heavy atom. The van der Waals surface area contributed by atoms with Crippen molar-refractivity contribution in [3.63, 3.8) is 0 Å². The van der Waals surface area contributed by atoms with Crippen LogP contribution in [0.25, 0.3) is 0 Å². The van der Waals surface area contributed by atoms with Gasteiger partial charge in [-0.05, 0) is 50.3 Å². The number of nitrogens with one attached hydrogen (secondary N) is 1. The van der Waals surface area contributed by atoms with Crippen LogP contribution in [0.5, 0.6) is 0 Å². The second-order valence-electron chi connectivity index (χ2n) is 7.67. The molecule has 0 radical (unpaired) electrons. The van der Waals surface area contributed by atoms with Crippen LogP contribution in [0.3, 0.4) is 0 Å². The van der Waals surface area contributed by atoms with E-state index in [4.69, 9.17) is 0 Å². The van der Waals surface area contributed by atoms with Crippen molar-refractivity contribution in [3.8, 4) is 0 Å². The number of benzene rings is 1. The highest BCUT2D eigenvalue weighted by molar-refractivity contribution is 7.13. The Labute approximate surface area is 168 Å². The van der Waals surface area contributed by atoms with Gasteiger partial charge in [-0.15, -0.1) is 11.3 Å². The maximum absolute atomic E-state index is 13.1. The molecule has 4 rings (SSSR count). The first-order chi connectivity index (χ1) is 13.5. The van der Waals surface area contributed by atoms with Gasteiger partial charge in [-0.25, -0.2) is 9.37 Å². The number of piperidine rings is 1. The van der Waals surface area contributed by atoms with E-state index in [0.717, 1.165) is 29.1 Å². The fourth-order valence-corrected chi connectivity index (χ4v) is 4.61. The topological polar surface area (TPSA) is 62.3 Å². The number of likely N-dealkylation sites (tertiary alicyclic amines) is 1. The van der Waals surface area contributed by atoms with Crippen molar-refractivity contribution in [3.05, 3.63) is 51.2 Å². The van der Waals surface area contributed by atoms with Crippen molar-refractivity contribution >= 4 is 23.2 Å². The zero-order chi connectivity index (χ0) is 19.7. The summed E-state index contributed by atoms with van der Waals surface area (Å²) >= 11 is 1.41. The van der Waals surface area contributed by atoms with Gasteiger partial charge in [0, 0.05) is 31.5 Å². The van der Waals surface area contributed by atoms with E-state index in [9.17, 15) is 14.0 Å². The molecular weight excluding hydrogens is 377 g/mol. The van der Waals surface area contributed by atoms with E-state index < -0.39 is 0 Å². The monoisotopic (exact) mass is 401 g/mol. The molecule has 0 unspecified atom stereocenters. The highest BCUT2D eigenvalue weighted by Crippen LogP contribution is 2.26. The predicted molar refractivity (Wildman–Crippen MR) is 106 cm³/mol. The average Bonchev–Trinajstić information content (AvgIpc) is 3.43. The molecular formula is C21H24FN3O2S. The lowest BCUT2D eigenvalue weighted by atomic mass is 9.95. The zero-order valence-corrected chi connectivity index (χ0v) is 16.7. The molecule has 2 amide bonds. The Balaban J connectivity index is 1.36. The van der Waals surface area contributed by atoms with Gasteiger partial charge in [0.2, 0.25) is 5.91 Å². The molecule has 2 aliphatic rings. The Morgan fingerprint density at radius 1 is 1.18 bits per heavy atom. The number of halogens is 1. The molecule has 1 saturated heterocycles. The normalized spacial score (nSPS) is 17.6. The summed E-state index contributed by atoms with van der Waals surface area (Å²) in [6, 6.07) is 6.74. The number of carbonyl (C=O) groups is 2. The van der Waals surface area contributed by atoms with Crippen LogP contribution in [0.15, 0.2) is 24.3 Å². The molecule has 2 fully saturated rings. The van der Waals surface area contributed by atoms with Crippen LogP contribution in [-0.2, 0) is 11.2 Å². The van der Waals surface area contributed by atoms with Crippen LogP contribution in [0.4, 0.5) is 4.39 Å². The average molecular weight is 402 g/mol. The smallest absolute Gasteiger partial charge is 0.265 e. The fourth-order valence-electron chi connectivity index (χ4n) is 3.54. The maximum atomic E-state index is 13.1. The van der Waals surface area contributed by atoms with Gasteiger partial charge in [-0.1, -0.05) is 12.1 Å². The second kappa shape index (κ2) is 7.99. The summed E-state index contributed by atoms with van der Waals surface area (Å²) in [4.78, 5) is 32.2. The standard InChI is InChI=1S/C21H24FN3O2S/c1-13-19(28-18(23-13)12-14-2-4-16(22)5-3-14)21(27)25-10-8-15(9-11-25)20(26)24-17-6-7-17/h2-5,15,17H,6-12H2,1H3,(H,24,26). The first-order valence-corrected chi connectivity index (χ1v) is 10.6. The van der Waals surface area contributed by atoms with Gasteiger partial charge in [-0.3, -0.25) is 9.59 Å². The van der Waals surface area contributed by atoms with Gasteiger partial charge >= 0.3 is 0 Å². The molecule has 1 aromatic heterocycles. The maximum Gasteiger partial charge on any atom is 0.265 e. The minimum absolute atomic E-state index is 0.00130. The van der Waals surface area contributed by atoms with Crippen molar-refractivity contribution < 1.29 is 14.0 Å². The van der Waals surface area contributed by atoms with Crippen LogP contribution < -0.4 is 5.32 Å². The quantitative estimate of drug-likeness (QED) is 0.836. The lowest BCUT2D eigenvalue weighted by Gasteiger charge is -2.31. The van der Waals surface area contributed by atoms with E-state index in [-0.39, 0.29) is 23.5 Å². The molecule has 1 saturated carbocycles. The molecule has 1 aliphatic heterocycles. The number of carbonyl (C=O) groups excluding carboxylic acids is 2. The van der Waals surface area contributed by atoms with E-state index in [1.54, 1.807) is 12.1 Å². The Bertz CT molecular complexity index is 868. The predicted octanol–water partition coefficient (Wildman–Crippen LogP) is 3.31. The lowest BCUT2D eigenvalue weighted by molar-refractivity contribution is -0.126. The van der Waals surface area contributed by atoms with Gasteiger partial charge in [0.1, 0.15) is 10.7 Å². The van der Waals surface area contributed by atoms with Gasteiger partial charge in [0.05, 0.1) is 10.7 Å². The molecule has 5 nitrogen and oxygen atoms in total. The van der Waals surface area contributed by atoms with E-state index >= 15 is 0 Å². The molecule has 0 atom stereocenters. The lowest BCUT2D eigenvalue weighted by Crippen LogP contribution is -2.43. The highest BCUT2D eigenvalue weighted by Gasteiger charge is 2.32. The first-order valence-electron chi connectivity index (χ1n) is 9.80. The number of nitrogens with zero attached hydrogens (tertiary/aromatic N) is 2. The SMILES string of the molecule is Cc1nc(Cc2ccc(F)cc2)sc1C(=O)N1CCC(C(=O)NC2CC2)CC1. The molecule has 0 bridgehead atoms. The third kappa shape index (κ3) is 4.41. The van der Waals surface area contributed by atoms with E-state index in [1.807, 2.05) is 11.8 Å². The molecule has 2 aromatic rings. The largest absolute Gasteiger partial charge is 0.353 e. The van der Waals surface area contributed by atoms with Crippen molar-refractivity contribution in [2.45, 2.75) is 45.1 Å². The summed E-state index contributed by atoms with van der Waals surface area (Å²) in [5.41, 5.74) is 1.71. The zero-order valence-electron chi connectivity index (χ0n) is 15.9. The van der Waals surface area contributed by atoms with Crippen molar-refractivity contribution in [1.29, 1.82) is 0 Å². The molecule has 7 heteroatoms. The third-order valence-electron chi connectivity index (χ3n) is 5.38. The minimum Gasteiger partial charge on any atom is -0.353 e. The van der Waals surface area contributed by atoms with Crippen LogP contribution in [-0.4, -0.2) is 40.8 Å². The van der Waals surface area contributed by atoms with Crippen LogP contribution in [0.2, 0.25) is 0 Å². The molecule has 1 aliphatic carbocycles. The molecule has 1 N–H and O–H groups in total. The Hall–Kier alpha value is -2.28. The summed E-state index contributed by atoms with van der Waals surface area (Å²) < 4.78 is 13.1. The molecule has 28 heavy (non-hydrogen) atoms. The first kappa shape index (κ1) is 19.1. The van der Waals surface area contributed by atoms with Gasteiger partial charge in [0.15, 0.2) is 0 Å². The van der Waals surface area contributed by atoms with Crippen molar-refractivity contribution in [2.24, 2.45) is 5.92 Å². The summed E-state index contributed by atoms with van der Waals surface area (Å²) in [7, 11) is 0. The third-order valence-corrected chi connectivity index (χ3v) is 6.53. The molecule has 2 heterocycles. The number of aromatic nitrogens is 1. The summed E-state index contributed by atoms with van der Waals surface area (Å²) in [5.74, 6) is -0.100. The van der Waals surface area contributed by atoms with Crippen molar-refractivity contribution in [2.75, 3.05) is 13.1 Å². The van der Waals surface area contributed by atoms with Gasteiger partial charge in [0.25, 0.3) is 5.91 Å². The number of aryl methyl sites for hydroxylation is 1. The molecule has 0 spiro atoms. The summed E-state index contributed by atoms with van der Waals surface area (Å²) in [6.45, 7) is 3.06. The van der Waals surface area contributed by atoms with Gasteiger partial charge < -0.3 is 10.2 Å². The number of rotatable bonds is 5. The number of hydrogen-bond donors (Lipinski definition) is 1.